The minimum atomic E-state index is -2.62. The molecule has 2 heterocycles. The molecule has 2 N–H and O–H groups in total. The first kappa shape index (κ1) is 21.0. The van der Waals surface area contributed by atoms with E-state index < -0.39 is 5.76 Å². The van der Waals surface area contributed by atoms with Crippen molar-refractivity contribution in [2.45, 2.75) is 16.6 Å². The fourth-order valence-electron chi connectivity index (χ4n) is 2.98. The van der Waals surface area contributed by atoms with Gasteiger partial charge in [0.2, 0.25) is 5.91 Å². The number of rotatable bonds is 5. The van der Waals surface area contributed by atoms with Crippen LogP contribution in [0.1, 0.15) is 11.5 Å². The predicted molar refractivity (Wildman–Crippen MR) is 101 cm³/mol. The standard InChI is InChI=1S/C16H17ClF2N4OS.ClH/c1-23-8-9(5-21-23)10-6-20-7-11(10)15(24)22-13-4-2-3-12(17)14(13)25-16(18)19;/h2-5,8,10-11,16,20H,6-7H2,1H3,(H,22,24);1H/t10-,11+;/m1./s1. The van der Waals surface area contributed by atoms with Gasteiger partial charge in [-0.1, -0.05) is 29.4 Å². The molecule has 5 nitrogen and oxygen atoms in total. The molecule has 0 spiro atoms. The van der Waals surface area contributed by atoms with Crippen LogP contribution in [0.25, 0.3) is 0 Å². The Balaban J connectivity index is 0.00000243. The number of thioether (sulfide) groups is 1. The molecular formula is C16H18Cl2F2N4OS. The summed E-state index contributed by atoms with van der Waals surface area (Å²) in [5.41, 5.74) is 1.28. The summed E-state index contributed by atoms with van der Waals surface area (Å²) in [6.45, 7) is 1.18. The highest BCUT2D eigenvalue weighted by Crippen LogP contribution is 2.38. The van der Waals surface area contributed by atoms with Crippen molar-refractivity contribution >= 4 is 47.4 Å². The maximum atomic E-state index is 12.8. The van der Waals surface area contributed by atoms with Crippen LogP contribution in [0.3, 0.4) is 0 Å². The fraction of sp³-hybridized carbons (Fsp3) is 0.375. The van der Waals surface area contributed by atoms with E-state index in [9.17, 15) is 13.6 Å². The predicted octanol–water partition coefficient (Wildman–Crippen LogP) is 3.75. The van der Waals surface area contributed by atoms with Crippen LogP contribution >= 0.6 is 35.8 Å². The number of aryl methyl sites for hydroxylation is 1. The van der Waals surface area contributed by atoms with Crippen molar-refractivity contribution in [3.05, 3.63) is 41.2 Å². The van der Waals surface area contributed by atoms with Crippen LogP contribution in [0.5, 0.6) is 0 Å². The number of carbonyl (C=O) groups is 1. The van der Waals surface area contributed by atoms with Crippen molar-refractivity contribution in [3.8, 4) is 0 Å². The molecule has 1 saturated heterocycles. The van der Waals surface area contributed by atoms with Gasteiger partial charge in [0.15, 0.2) is 0 Å². The molecule has 1 aliphatic rings. The maximum Gasteiger partial charge on any atom is 0.289 e. The van der Waals surface area contributed by atoms with E-state index in [4.69, 9.17) is 11.6 Å². The van der Waals surface area contributed by atoms with Gasteiger partial charge in [0, 0.05) is 32.3 Å². The molecule has 0 aliphatic carbocycles. The highest BCUT2D eigenvalue weighted by Gasteiger charge is 2.35. The van der Waals surface area contributed by atoms with Gasteiger partial charge in [-0.2, -0.15) is 13.9 Å². The Kier molecular flexibility index (Phi) is 7.28. The van der Waals surface area contributed by atoms with E-state index in [2.05, 4.69) is 15.7 Å². The minimum absolute atomic E-state index is 0. The first-order chi connectivity index (χ1) is 12.0. The number of amides is 1. The van der Waals surface area contributed by atoms with E-state index in [0.29, 0.717) is 30.5 Å². The molecular weight excluding hydrogens is 405 g/mol. The molecule has 0 radical (unpaired) electrons. The molecule has 3 rings (SSSR count). The number of anilines is 1. The van der Waals surface area contributed by atoms with Crippen molar-refractivity contribution in [2.24, 2.45) is 13.0 Å². The van der Waals surface area contributed by atoms with Crippen LogP contribution in [0.2, 0.25) is 5.02 Å². The third-order valence-corrected chi connectivity index (χ3v) is 5.42. The van der Waals surface area contributed by atoms with Gasteiger partial charge < -0.3 is 10.6 Å². The van der Waals surface area contributed by atoms with Crippen LogP contribution in [0.4, 0.5) is 14.5 Å². The van der Waals surface area contributed by atoms with E-state index in [1.807, 2.05) is 13.2 Å². The molecule has 26 heavy (non-hydrogen) atoms. The molecule has 0 unspecified atom stereocenters. The Morgan fingerprint density at radius 1 is 1.46 bits per heavy atom. The lowest BCUT2D eigenvalue weighted by atomic mass is 9.90. The molecule has 1 aliphatic heterocycles. The quantitative estimate of drug-likeness (QED) is 0.720. The van der Waals surface area contributed by atoms with Crippen LogP contribution in [-0.2, 0) is 11.8 Å². The summed E-state index contributed by atoms with van der Waals surface area (Å²) in [5, 5.41) is 10.3. The van der Waals surface area contributed by atoms with Gasteiger partial charge in [-0.3, -0.25) is 9.48 Å². The summed E-state index contributed by atoms with van der Waals surface area (Å²) in [6.07, 6.45) is 3.63. The van der Waals surface area contributed by atoms with Crippen LogP contribution in [-0.4, -0.2) is 34.5 Å². The zero-order valence-corrected chi connectivity index (χ0v) is 16.2. The minimum Gasteiger partial charge on any atom is -0.325 e. The first-order valence-electron chi connectivity index (χ1n) is 7.69. The van der Waals surface area contributed by atoms with Crippen LogP contribution in [0, 0.1) is 5.92 Å². The lowest BCUT2D eigenvalue weighted by molar-refractivity contribution is -0.119. The van der Waals surface area contributed by atoms with E-state index in [-0.39, 0.29) is 40.1 Å². The summed E-state index contributed by atoms with van der Waals surface area (Å²) < 4.78 is 27.2. The number of nitrogens with zero attached hydrogens (tertiary/aromatic N) is 2. The Labute approximate surface area is 165 Å². The molecule has 1 amide bonds. The number of alkyl halides is 2. The van der Waals surface area contributed by atoms with Gasteiger partial charge >= 0.3 is 0 Å². The largest absolute Gasteiger partial charge is 0.325 e. The highest BCUT2D eigenvalue weighted by molar-refractivity contribution is 7.99. The number of aromatic nitrogens is 2. The van der Waals surface area contributed by atoms with Crippen molar-refractivity contribution in [2.75, 3.05) is 18.4 Å². The highest BCUT2D eigenvalue weighted by atomic mass is 35.5. The molecule has 1 aromatic carbocycles. The van der Waals surface area contributed by atoms with E-state index in [0.717, 1.165) is 5.56 Å². The molecule has 0 bridgehead atoms. The maximum absolute atomic E-state index is 12.8. The van der Waals surface area contributed by atoms with Gasteiger partial charge in [0.1, 0.15) is 0 Å². The third-order valence-electron chi connectivity index (χ3n) is 4.14. The van der Waals surface area contributed by atoms with Crippen LogP contribution < -0.4 is 10.6 Å². The van der Waals surface area contributed by atoms with E-state index in [1.54, 1.807) is 23.0 Å². The smallest absolute Gasteiger partial charge is 0.289 e. The van der Waals surface area contributed by atoms with Gasteiger partial charge in [-0.15, -0.1) is 12.4 Å². The lowest BCUT2D eigenvalue weighted by Crippen LogP contribution is -2.28. The Hall–Kier alpha value is -1.35. The third kappa shape index (κ3) is 4.68. The average molecular weight is 423 g/mol. The van der Waals surface area contributed by atoms with E-state index in [1.165, 1.54) is 6.07 Å². The van der Waals surface area contributed by atoms with Gasteiger partial charge in [-0.05, 0) is 17.7 Å². The van der Waals surface area contributed by atoms with E-state index >= 15 is 0 Å². The molecule has 2 atom stereocenters. The van der Waals surface area contributed by atoms with Crippen molar-refractivity contribution < 1.29 is 13.6 Å². The molecule has 1 aromatic heterocycles. The molecule has 1 fully saturated rings. The van der Waals surface area contributed by atoms with Crippen molar-refractivity contribution in [3.63, 3.8) is 0 Å². The SMILES string of the molecule is Cl.Cn1cc([C@H]2CNC[C@@H]2C(=O)Nc2cccc(Cl)c2SC(F)F)cn1. The topological polar surface area (TPSA) is 59.0 Å². The number of hydrogen-bond donors (Lipinski definition) is 2. The fourth-order valence-corrected chi connectivity index (χ4v) is 3.89. The van der Waals surface area contributed by atoms with Crippen molar-refractivity contribution in [1.29, 1.82) is 0 Å². The zero-order valence-electron chi connectivity index (χ0n) is 13.8. The van der Waals surface area contributed by atoms with Gasteiger partial charge in [0.25, 0.3) is 5.76 Å². The first-order valence-corrected chi connectivity index (χ1v) is 8.95. The number of halogens is 4. The number of hydrogen-bond acceptors (Lipinski definition) is 4. The second-order valence-electron chi connectivity index (χ2n) is 5.80. The summed E-state index contributed by atoms with van der Waals surface area (Å²) in [6, 6.07) is 4.73. The Morgan fingerprint density at radius 2 is 2.23 bits per heavy atom. The second kappa shape index (κ2) is 9.03. The monoisotopic (exact) mass is 422 g/mol. The number of nitrogens with one attached hydrogen (secondary N) is 2. The van der Waals surface area contributed by atoms with Gasteiger partial charge in [0.05, 0.1) is 27.7 Å². The normalized spacial score (nSPS) is 19.4. The molecule has 10 heteroatoms. The summed E-state index contributed by atoms with van der Waals surface area (Å²) >= 11 is 6.34. The Morgan fingerprint density at radius 3 is 2.88 bits per heavy atom. The number of benzene rings is 1. The molecule has 142 valence electrons. The average Bonchev–Trinajstić information content (AvgIpc) is 3.18. The Bertz CT molecular complexity index is 774. The molecule has 0 saturated carbocycles. The van der Waals surface area contributed by atoms with Crippen LogP contribution in [0.15, 0.2) is 35.5 Å². The number of carbonyl (C=O) groups excluding carboxylic acids is 1. The summed E-state index contributed by atoms with van der Waals surface area (Å²) in [7, 11) is 1.82. The van der Waals surface area contributed by atoms with Gasteiger partial charge in [-0.25, -0.2) is 0 Å². The summed E-state index contributed by atoms with van der Waals surface area (Å²) in [5.74, 6) is -3.17. The molecule has 2 aromatic rings. The van der Waals surface area contributed by atoms with Crippen molar-refractivity contribution in [1.82, 2.24) is 15.1 Å². The zero-order chi connectivity index (χ0) is 18.0. The lowest BCUT2D eigenvalue weighted by Gasteiger charge is -2.18. The summed E-state index contributed by atoms with van der Waals surface area (Å²) in [4.78, 5) is 12.9. The second-order valence-corrected chi connectivity index (χ2v) is 7.21.